The van der Waals surface area contributed by atoms with E-state index >= 15 is 0 Å². The summed E-state index contributed by atoms with van der Waals surface area (Å²) in [5.41, 5.74) is 0.777. The van der Waals surface area contributed by atoms with Gasteiger partial charge in [-0.2, -0.15) is 0 Å². The zero-order valence-corrected chi connectivity index (χ0v) is 14.1. The highest BCUT2D eigenvalue weighted by atomic mass is 32.2. The molecule has 1 aliphatic heterocycles. The van der Waals surface area contributed by atoms with Gasteiger partial charge in [-0.15, -0.1) is 0 Å². The molecule has 3 rings (SSSR count). The largest absolute Gasteiger partial charge is 0.334 e. The molecule has 1 saturated heterocycles. The molecule has 23 heavy (non-hydrogen) atoms. The Hall–Kier alpha value is -1.60. The Bertz CT molecular complexity index is 678. The van der Waals surface area contributed by atoms with Crippen LogP contribution in [-0.2, 0) is 16.6 Å². The second-order valence-corrected chi connectivity index (χ2v) is 8.08. The van der Waals surface area contributed by atoms with Crippen LogP contribution in [0.4, 0.5) is 4.79 Å². The third kappa shape index (κ3) is 3.50. The minimum atomic E-state index is -3.47. The summed E-state index contributed by atoms with van der Waals surface area (Å²) in [6, 6.07) is 6.62. The maximum Gasteiger partial charge on any atom is 0.317 e. The summed E-state index contributed by atoms with van der Waals surface area (Å²) >= 11 is 0. The number of sulfonamides is 1. The van der Waals surface area contributed by atoms with Crippen LogP contribution in [0, 0.1) is 11.8 Å². The first-order chi connectivity index (χ1) is 11.0. The molecule has 0 bridgehead atoms. The van der Waals surface area contributed by atoms with Gasteiger partial charge in [-0.1, -0.05) is 19.1 Å². The molecule has 7 heteroatoms. The van der Waals surface area contributed by atoms with E-state index < -0.39 is 10.0 Å². The third-order valence-corrected chi connectivity index (χ3v) is 6.30. The quantitative estimate of drug-likeness (QED) is 0.855. The topological polar surface area (TPSA) is 78.5 Å². The van der Waals surface area contributed by atoms with E-state index in [1.165, 1.54) is 12.8 Å². The van der Waals surface area contributed by atoms with E-state index in [2.05, 4.69) is 10.0 Å². The Morgan fingerprint density at radius 2 is 1.96 bits per heavy atom. The molecule has 0 spiro atoms. The van der Waals surface area contributed by atoms with Gasteiger partial charge in [-0.05, 0) is 42.4 Å². The van der Waals surface area contributed by atoms with Crippen LogP contribution >= 0.6 is 0 Å². The van der Waals surface area contributed by atoms with Gasteiger partial charge in [-0.25, -0.2) is 17.9 Å². The van der Waals surface area contributed by atoms with Crippen LogP contribution in [0.1, 0.15) is 25.3 Å². The number of nitrogens with zero attached hydrogens (tertiary/aromatic N) is 1. The molecule has 2 N–H and O–H groups in total. The van der Waals surface area contributed by atoms with Gasteiger partial charge in [0.05, 0.1) is 4.90 Å². The highest BCUT2D eigenvalue weighted by Gasteiger charge is 2.40. The van der Waals surface area contributed by atoms with E-state index in [-0.39, 0.29) is 10.9 Å². The molecular formula is C16H23N3O3S. The number of nitrogens with one attached hydrogen (secondary N) is 2. The molecule has 2 amide bonds. The van der Waals surface area contributed by atoms with E-state index in [4.69, 9.17) is 0 Å². The van der Waals surface area contributed by atoms with Crippen molar-refractivity contribution >= 4 is 16.1 Å². The minimum absolute atomic E-state index is 0.0562. The normalized spacial score (nSPS) is 23.3. The lowest BCUT2D eigenvalue weighted by molar-refractivity contribution is 0.207. The molecule has 126 valence electrons. The van der Waals surface area contributed by atoms with Crippen LogP contribution in [0.5, 0.6) is 0 Å². The highest BCUT2D eigenvalue weighted by molar-refractivity contribution is 7.89. The van der Waals surface area contributed by atoms with Crippen molar-refractivity contribution < 1.29 is 13.2 Å². The molecule has 2 aliphatic rings. The maximum absolute atomic E-state index is 12.2. The number of hydrogen-bond acceptors (Lipinski definition) is 3. The second-order valence-electron chi connectivity index (χ2n) is 6.31. The molecule has 6 nitrogen and oxygen atoms in total. The van der Waals surface area contributed by atoms with Crippen LogP contribution in [0.3, 0.4) is 0 Å². The van der Waals surface area contributed by atoms with E-state index in [9.17, 15) is 13.2 Å². The number of likely N-dealkylation sites (tertiary alicyclic amines) is 1. The molecule has 1 heterocycles. The molecule has 2 fully saturated rings. The first kappa shape index (κ1) is 16.3. The van der Waals surface area contributed by atoms with Gasteiger partial charge >= 0.3 is 6.03 Å². The monoisotopic (exact) mass is 337 g/mol. The van der Waals surface area contributed by atoms with Gasteiger partial charge in [-0.3, -0.25) is 0 Å². The molecule has 1 aromatic rings. The summed E-state index contributed by atoms with van der Waals surface area (Å²) in [4.78, 5) is 14.3. The number of hydrogen-bond donors (Lipinski definition) is 2. The number of carbonyl (C=O) groups excluding carboxylic acids is 1. The van der Waals surface area contributed by atoms with Gasteiger partial charge in [0.15, 0.2) is 0 Å². The Balaban J connectivity index is 1.59. The lowest BCUT2D eigenvalue weighted by Crippen LogP contribution is -2.38. The van der Waals surface area contributed by atoms with Crippen LogP contribution in [0.25, 0.3) is 0 Å². The first-order valence-corrected chi connectivity index (χ1v) is 9.59. The predicted octanol–water partition coefficient (Wildman–Crippen LogP) is 1.54. The number of amides is 2. The molecule has 0 unspecified atom stereocenters. The molecule has 0 aromatic heterocycles. The average molecular weight is 337 g/mol. The number of urea groups is 1. The summed E-state index contributed by atoms with van der Waals surface area (Å²) in [7, 11) is -3.47. The Morgan fingerprint density at radius 1 is 1.26 bits per heavy atom. The van der Waals surface area contributed by atoms with Crippen LogP contribution < -0.4 is 10.0 Å². The van der Waals surface area contributed by atoms with Gasteiger partial charge in [0.1, 0.15) is 0 Å². The van der Waals surface area contributed by atoms with Crippen LogP contribution in [0.2, 0.25) is 0 Å². The predicted molar refractivity (Wildman–Crippen MR) is 87.3 cm³/mol. The molecule has 1 aromatic carbocycles. The lowest BCUT2D eigenvalue weighted by atomic mass is 9.77. The summed E-state index contributed by atoms with van der Waals surface area (Å²) in [5, 5.41) is 2.89. The molecule has 1 saturated carbocycles. The van der Waals surface area contributed by atoms with Gasteiger partial charge in [0.2, 0.25) is 10.0 Å². The van der Waals surface area contributed by atoms with Crippen LogP contribution in [-0.4, -0.2) is 39.0 Å². The smallest absolute Gasteiger partial charge is 0.317 e. The fraction of sp³-hybridized carbons (Fsp3) is 0.562. The number of rotatable bonds is 5. The summed E-state index contributed by atoms with van der Waals surface area (Å²) < 4.78 is 26.5. The van der Waals surface area contributed by atoms with Crippen molar-refractivity contribution in [3.8, 4) is 0 Å². The minimum Gasteiger partial charge on any atom is -0.334 e. The van der Waals surface area contributed by atoms with E-state index in [1.54, 1.807) is 25.1 Å². The summed E-state index contributed by atoms with van der Waals surface area (Å²) in [6.45, 7) is 4.13. The Morgan fingerprint density at radius 3 is 2.57 bits per heavy atom. The van der Waals surface area contributed by atoms with E-state index in [1.807, 2.05) is 11.0 Å². The second kappa shape index (κ2) is 6.49. The third-order valence-electron chi connectivity index (χ3n) is 4.76. The molecule has 2 atom stereocenters. The summed E-state index contributed by atoms with van der Waals surface area (Å²) in [6.07, 6.45) is 2.47. The van der Waals surface area contributed by atoms with Crippen molar-refractivity contribution in [3.63, 3.8) is 0 Å². The average Bonchev–Trinajstić information content (AvgIpc) is 2.80. The highest BCUT2D eigenvalue weighted by Crippen LogP contribution is 2.40. The Labute approximate surface area is 137 Å². The van der Waals surface area contributed by atoms with Crippen molar-refractivity contribution in [1.82, 2.24) is 14.9 Å². The molecule has 1 aliphatic carbocycles. The van der Waals surface area contributed by atoms with Gasteiger partial charge in [0, 0.05) is 26.2 Å². The van der Waals surface area contributed by atoms with Crippen molar-refractivity contribution in [3.05, 3.63) is 29.8 Å². The van der Waals surface area contributed by atoms with Gasteiger partial charge < -0.3 is 10.2 Å². The fourth-order valence-electron chi connectivity index (χ4n) is 3.31. The van der Waals surface area contributed by atoms with Crippen molar-refractivity contribution in [2.45, 2.75) is 31.2 Å². The first-order valence-electron chi connectivity index (χ1n) is 8.11. The fourth-order valence-corrected chi connectivity index (χ4v) is 4.42. The standard InChI is InChI=1S/C16H23N3O3S/c1-2-18-23(21,22)15-5-3-4-12(8-15)9-17-16(20)19-10-13-6-7-14(13)11-19/h3-5,8,13-14,18H,2,6-7,9-11H2,1H3,(H,17,20)/t13-,14+. The SMILES string of the molecule is CCNS(=O)(=O)c1cccc(CNC(=O)N2C[C@H]3CC[C@H]3C2)c1. The number of carbonyl (C=O) groups is 1. The summed E-state index contributed by atoms with van der Waals surface area (Å²) in [5.74, 6) is 1.38. The van der Waals surface area contributed by atoms with Crippen molar-refractivity contribution in [2.75, 3.05) is 19.6 Å². The molecular weight excluding hydrogens is 314 g/mol. The van der Waals surface area contributed by atoms with E-state index in [0.29, 0.717) is 24.9 Å². The van der Waals surface area contributed by atoms with Crippen LogP contribution in [0.15, 0.2) is 29.2 Å². The zero-order chi connectivity index (χ0) is 16.4. The van der Waals surface area contributed by atoms with Crippen molar-refractivity contribution in [2.24, 2.45) is 11.8 Å². The van der Waals surface area contributed by atoms with Crippen molar-refractivity contribution in [1.29, 1.82) is 0 Å². The molecule has 0 radical (unpaired) electrons. The number of fused-ring (bicyclic) bond motifs is 1. The number of benzene rings is 1. The maximum atomic E-state index is 12.2. The van der Waals surface area contributed by atoms with Gasteiger partial charge in [0.25, 0.3) is 0 Å². The lowest BCUT2D eigenvalue weighted by Gasteiger charge is -2.27. The Kier molecular flexibility index (Phi) is 4.59. The zero-order valence-electron chi connectivity index (χ0n) is 13.3. The van der Waals surface area contributed by atoms with E-state index in [0.717, 1.165) is 18.7 Å².